The summed E-state index contributed by atoms with van der Waals surface area (Å²) >= 11 is 0. The normalized spacial score (nSPS) is 25.9. The highest BCUT2D eigenvalue weighted by Crippen LogP contribution is 2.30. The molecule has 1 amide bonds. The van der Waals surface area contributed by atoms with Gasteiger partial charge in [0.2, 0.25) is 5.91 Å². The number of amides is 1. The molecular formula is C14H23N5O. The average Bonchev–Trinajstić information content (AvgIpc) is 3.11. The first-order valence-electron chi connectivity index (χ1n) is 7.58. The van der Waals surface area contributed by atoms with Gasteiger partial charge in [-0.2, -0.15) is 5.10 Å². The smallest absolute Gasteiger partial charge is 0.242 e. The Morgan fingerprint density at radius 3 is 2.85 bits per heavy atom. The van der Waals surface area contributed by atoms with Gasteiger partial charge in [-0.25, -0.2) is 4.98 Å². The number of carbonyl (C=O) groups excluding carboxylic acids is 1. The van der Waals surface area contributed by atoms with Gasteiger partial charge in [0.1, 0.15) is 12.7 Å². The maximum atomic E-state index is 12.6. The second kappa shape index (κ2) is 5.52. The molecule has 0 spiro atoms. The molecule has 20 heavy (non-hydrogen) atoms. The molecule has 110 valence electrons. The molecule has 0 radical (unpaired) electrons. The first-order valence-corrected chi connectivity index (χ1v) is 7.58. The SMILES string of the molecule is NC1(C(=O)N2CCC[C@@H](Cn3cncn3)C2)CCCC1. The van der Waals surface area contributed by atoms with Crippen LogP contribution in [0.25, 0.3) is 0 Å². The molecule has 1 saturated heterocycles. The Balaban J connectivity index is 1.61. The summed E-state index contributed by atoms with van der Waals surface area (Å²) in [5, 5.41) is 4.15. The lowest BCUT2D eigenvalue weighted by atomic mass is 9.92. The number of piperidine rings is 1. The fourth-order valence-corrected chi connectivity index (χ4v) is 3.52. The van der Waals surface area contributed by atoms with Gasteiger partial charge in [-0.3, -0.25) is 9.48 Å². The average molecular weight is 277 g/mol. The van der Waals surface area contributed by atoms with Crippen LogP contribution >= 0.6 is 0 Å². The van der Waals surface area contributed by atoms with Gasteiger partial charge < -0.3 is 10.6 Å². The Kier molecular flexibility index (Phi) is 3.74. The van der Waals surface area contributed by atoms with Gasteiger partial charge in [-0.15, -0.1) is 0 Å². The largest absolute Gasteiger partial charge is 0.341 e. The molecule has 0 unspecified atom stereocenters. The van der Waals surface area contributed by atoms with Crippen LogP contribution in [-0.2, 0) is 11.3 Å². The zero-order valence-corrected chi connectivity index (χ0v) is 11.9. The van der Waals surface area contributed by atoms with E-state index in [-0.39, 0.29) is 5.91 Å². The zero-order valence-electron chi connectivity index (χ0n) is 11.9. The van der Waals surface area contributed by atoms with Gasteiger partial charge in [0, 0.05) is 19.6 Å². The predicted octanol–water partition coefficient (Wildman–Crippen LogP) is 0.788. The summed E-state index contributed by atoms with van der Waals surface area (Å²) in [4.78, 5) is 18.6. The third-order valence-electron chi connectivity index (χ3n) is 4.64. The van der Waals surface area contributed by atoms with Gasteiger partial charge in [-0.05, 0) is 31.6 Å². The Hall–Kier alpha value is -1.43. The minimum absolute atomic E-state index is 0.165. The van der Waals surface area contributed by atoms with E-state index in [2.05, 4.69) is 10.1 Å². The molecule has 6 heteroatoms. The molecule has 2 fully saturated rings. The Labute approximate surface area is 119 Å². The van der Waals surface area contributed by atoms with Crippen molar-refractivity contribution in [3.63, 3.8) is 0 Å². The molecule has 2 aliphatic rings. The molecule has 0 bridgehead atoms. The predicted molar refractivity (Wildman–Crippen MR) is 74.7 cm³/mol. The lowest BCUT2D eigenvalue weighted by Crippen LogP contribution is -2.56. The highest BCUT2D eigenvalue weighted by molar-refractivity contribution is 5.86. The van der Waals surface area contributed by atoms with Crippen LogP contribution in [0, 0.1) is 5.92 Å². The van der Waals surface area contributed by atoms with Gasteiger partial charge in [0.15, 0.2) is 0 Å². The summed E-state index contributed by atoms with van der Waals surface area (Å²) in [7, 11) is 0. The molecule has 2 N–H and O–H groups in total. The summed E-state index contributed by atoms with van der Waals surface area (Å²) in [6.07, 6.45) is 9.34. The van der Waals surface area contributed by atoms with Crippen molar-refractivity contribution in [1.29, 1.82) is 0 Å². The van der Waals surface area contributed by atoms with Crippen LogP contribution in [0.4, 0.5) is 0 Å². The molecule has 2 heterocycles. The van der Waals surface area contributed by atoms with Gasteiger partial charge >= 0.3 is 0 Å². The van der Waals surface area contributed by atoms with E-state index in [1.54, 1.807) is 12.7 Å². The summed E-state index contributed by atoms with van der Waals surface area (Å²) in [6.45, 7) is 2.49. The topological polar surface area (TPSA) is 77.0 Å². The van der Waals surface area contributed by atoms with Crippen LogP contribution < -0.4 is 5.73 Å². The Morgan fingerprint density at radius 2 is 2.15 bits per heavy atom. The van der Waals surface area contributed by atoms with E-state index >= 15 is 0 Å². The van der Waals surface area contributed by atoms with Crippen molar-refractivity contribution < 1.29 is 4.79 Å². The number of nitrogens with two attached hydrogens (primary N) is 1. The molecule has 1 aromatic heterocycles. The zero-order chi connectivity index (χ0) is 14.0. The monoisotopic (exact) mass is 277 g/mol. The number of hydrogen-bond donors (Lipinski definition) is 1. The summed E-state index contributed by atoms with van der Waals surface area (Å²) in [6, 6.07) is 0. The highest BCUT2D eigenvalue weighted by atomic mass is 16.2. The van der Waals surface area contributed by atoms with Crippen molar-refractivity contribution in [2.75, 3.05) is 13.1 Å². The highest BCUT2D eigenvalue weighted by Gasteiger charge is 2.40. The molecule has 1 saturated carbocycles. The van der Waals surface area contributed by atoms with E-state index in [0.29, 0.717) is 5.92 Å². The third kappa shape index (κ3) is 2.70. The summed E-state index contributed by atoms with van der Waals surface area (Å²) < 4.78 is 1.85. The molecule has 6 nitrogen and oxygen atoms in total. The van der Waals surface area contributed by atoms with E-state index in [0.717, 1.165) is 58.2 Å². The third-order valence-corrected chi connectivity index (χ3v) is 4.64. The molecule has 1 aromatic rings. The summed E-state index contributed by atoms with van der Waals surface area (Å²) in [5.41, 5.74) is 5.71. The molecular weight excluding hydrogens is 254 g/mol. The summed E-state index contributed by atoms with van der Waals surface area (Å²) in [5.74, 6) is 0.623. The van der Waals surface area contributed by atoms with Crippen LogP contribution in [0.2, 0.25) is 0 Å². The first-order chi connectivity index (χ1) is 9.67. The molecule has 1 aliphatic heterocycles. The number of nitrogens with zero attached hydrogens (tertiary/aromatic N) is 4. The van der Waals surface area contributed by atoms with E-state index < -0.39 is 5.54 Å². The lowest BCUT2D eigenvalue weighted by molar-refractivity contribution is -0.138. The van der Waals surface area contributed by atoms with E-state index in [1.807, 2.05) is 9.58 Å². The molecule has 3 rings (SSSR count). The maximum Gasteiger partial charge on any atom is 0.242 e. The van der Waals surface area contributed by atoms with Gasteiger partial charge in [-0.1, -0.05) is 12.8 Å². The minimum Gasteiger partial charge on any atom is -0.341 e. The fraction of sp³-hybridized carbons (Fsp3) is 0.786. The van der Waals surface area contributed by atoms with E-state index in [4.69, 9.17) is 5.73 Å². The Bertz CT molecular complexity index is 452. The van der Waals surface area contributed by atoms with Crippen molar-refractivity contribution in [3.8, 4) is 0 Å². The Morgan fingerprint density at radius 1 is 1.35 bits per heavy atom. The first kappa shape index (κ1) is 13.5. The van der Waals surface area contributed by atoms with Crippen LogP contribution in [-0.4, -0.2) is 44.2 Å². The van der Waals surface area contributed by atoms with Crippen LogP contribution in [0.5, 0.6) is 0 Å². The van der Waals surface area contributed by atoms with Gasteiger partial charge in [0.25, 0.3) is 0 Å². The second-order valence-electron chi connectivity index (χ2n) is 6.24. The molecule has 0 aromatic carbocycles. The lowest BCUT2D eigenvalue weighted by Gasteiger charge is -2.37. The van der Waals surface area contributed by atoms with Crippen molar-refractivity contribution >= 4 is 5.91 Å². The number of hydrogen-bond acceptors (Lipinski definition) is 4. The van der Waals surface area contributed by atoms with Crippen molar-refractivity contribution in [2.24, 2.45) is 11.7 Å². The quantitative estimate of drug-likeness (QED) is 0.886. The number of carbonyl (C=O) groups is 1. The number of aromatic nitrogens is 3. The molecule has 1 aliphatic carbocycles. The van der Waals surface area contributed by atoms with Crippen molar-refractivity contribution in [2.45, 2.75) is 50.6 Å². The van der Waals surface area contributed by atoms with Gasteiger partial charge in [0.05, 0.1) is 5.54 Å². The van der Waals surface area contributed by atoms with Crippen LogP contribution in [0.3, 0.4) is 0 Å². The fourth-order valence-electron chi connectivity index (χ4n) is 3.52. The molecule has 1 atom stereocenters. The number of likely N-dealkylation sites (tertiary alicyclic amines) is 1. The van der Waals surface area contributed by atoms with Crippen molar-refractivity contribution in [3.05, 3.63) is 12.7 Å². The van der Waals surface area contributed by atoms with Crippen molar-refractivity contribution in [1.82, 2.24) is 19.7 Å². The van der Waals surface area contributed by atoms with E-state index in [9.17, 15) is 4.79 Å². The standard InChI is InChI=1S/C14H23N5O/c15-14(5-1-2-6-14)13(20)18-7-3-4-12(8-18)9-19-11-16-10-17-19/h10-12H,1-9,15H2/t12-/m1/s1. The number of rotatable bonds is 3. The van der Waals surface area contributed by atoms with Crippen LogP contribution in [0.1, 0.15) is 38.5 Å². The van der Waals surface area contributed by atoms with E-state index in [1.165, 1.54) is 0 Å². The maximum absolute atomic E-state index is 12.6. The minimum atomic E-state index is -0.588. The van der Waals surface area contributed by atoms with Crippen LogP contribution in [0.15, 0.2) is 12.7 Å². The second-order valence-corrected chi connectivity index (χ2v) is 6.24.